The quantitative estimate of drug-likeness (QED) is 0.751. The summed E-state index contributed by atoms with van der Waals surface area (Å²) >= 11 is 0. The first kappa shape index (κ1) is 13.8. The molecule has 104 valence electrons. The molecule has 0 aliphatic heterocycles. The molecule has 6 nitrogen and oxygen atoms in total. The van der Waals surface area contributed by atoms with Crippen LogP contribution in [0.3, 0.4) is 0 Å². The number of hydrogen-bond acceptors (Lipinski definition) is 4. The van der Waals surface area contributed by atoms with Gasteiger partial charge in [-0.3, -0.25) is 14.9 Å². The molecule has 2 rings (SSSR count). The van der Waals surface area contributed by atoms with Gasteiger partial charge in [-0.05, 0) is 29.8 Å². The van der Waals surface area contributed by atoms with Crippen molar-refractivity contribution in [3.8, 4) is 5.75 Å². The Bertz CT molecular complexity index is 576. The monoisotopic (exact) mass is 273 g/mol. The number of ether oxygens (including phenoxy) is 1. The second kappa shape index (κ2) is 6.53. The summed E-state index contributed by atoms with van der Waals surface area (Å²) in [5.41, 5.74) is 6.78. The molecule has 2 aromatic rings. The van der Waals surface area contributed by atoms with Crippen molar-refractivity contribution in [1.29, 1.82) is 0 Å². The number of carbonyl (C=O) groups is 2. The molecule has 6 heteroatoms. The van der Waals surface area contributed by atoms with Crippen LogP contribution in [0.2, 0.25) is 0 Å². The molecule has 1 aromatic heterocycles. The Morgan fingerprint density at radius 3 is 2.55 bits per heavy atom. The average Bonchev–Trinajstić information content (AvgIpc) is 3.00. The van der Waals surface area contributed by atoms with Gasteiger partial charge in [0.1, 0.15) is 11.4 Å². The van der Waals surface area contributed by atoms with E-state index in [2.05, 4.69) is 10.3 Å². The predicted octanol–water partition coefficient (Wildman–Crippen LogP) is 0.809. The third-order valence-corrected chi connectivity index (χ3v) is 2.62. The predicted molar refractivity (Wildman–Crippen MR) is 73.1 cm³/mol. The number of hydrogen-bond donors (Lipinski definition) is 3. The zero-order valence-corrected chi connectivity index (χ0v) is 10.8. The van der Waals surface area contributed by atoms with E-state index in [0.717, 1.165) is 5.56 Å². The molecular formula is C14H15N3O3. The zero-order chi connectivity index (χ0) is 14.4. The van der Waals surface area contributed by atoms with Crippen LogP contribution in [0.15, 0.2) is 42.6 Å². The molecule has 0 aliphatic rings. The molecule has 1 aromatic carbocycles. The number of nitrogens with one attached hydrogen (secondary N) is 2. The third kappa shape index (κ3) is 3.69. The highest BCUT2D eigenvalue weighted by Crippen LogP contribution is 2.11. The Kier molecular flexibility index (Phi) is 4.52. The number of aromatic amines is 1. The van der Waals surface area contributed by atoms with Crippen molar-refractivity contribution >= 4 is 11.8 Å². The number of aromatic nitrogens is 1. The van der Waals surface area contributed by atoms with E-state index in [1.165, 1.54) is 0 Å². The van der Waals surface area contributed by atoms with Gasteiger partial charge >= 0.3 is 0 Å². The summed E-state index contributed by atoms with van der Waals surface area (Å²) < 4.78 is 5.27. The van der Waals surface area contributed by atoms with Crippen LogP contribution >= 0.6 is 0 Å². The Morgan fingerprint density at radius 2 is 1.95 bits per heavy atom. The van der Waals surface area contributed by atoms with Gasteiger partial charge in [0.05, 0.1) is 0 Å². The number of H-pyrrole nitrogens is 1. The van der Waals surface area contributed by atoms with Crippen molar-refractivity contribution in [2.45, 2.75) is 6.54 Å². The summed E-state index contributed by atoms with van der Waals surface area (Å²) in [6.45, 7) is 0.222. The number of rotatable bonds is 5. The first-order valence-electron chi connectivity index (χ1n) is 6.08. The van der Waals surface area contributed by atoms with Gasteiger partial charge in [0, 0.05) is 12.7 Å². The molecule has 0 atom stereocenters. The van der Waals surface area contributed by atoms with Crippen molar-refractivity contribution < 1.29 is 14.3 Å². The van der Waals surface area contributed by atoms with Gasteiger partial charge in [-0.1, -0.05) is 12.1 Å². The topological polar surface area (TPSA) is 97.2 Å². The molecule has 4 N–H and O–H groups in total. The second-order valence-corrected chi connectivity index (χ2v) is 4.10. The van der Waals surface area contributed by atoms with E-state index in [9.17, 15) is 9.59 Å². The van der Waals surface area contributed by atoms with Crippen LogP contribution in [0.5, 0.6) is 5.75 Å². The number of amides is 2. The Labute approximate surface area is 115 Å². The fourth-order valence-electron chi connectivity index (χ4n) is 1.57. The lowest BCUT2D eigenvalue weighted by Gasteiger charge is -2.06. The van der Waals surface area contributed by atoms with Crippen molar-refractivity contribution in [3.05, 3.63) is 53.9 Å². The summed E-state index contributed by atoms with van der Waals surface area (Å²) in [5.74, 6) is -0.445. The standard InChI is InChI=1S/C14H15N3O3/c15-8-10-3-5-11(6-4-10)20-9-13(18)17-14(19)12-2-1-7-16-12/h1-7,16H,8-9,15H2,(H,17,18,19). The molecule has 20 heavy (non-hydrogen) atoms. The molecule has 0 radical (unpaired) electrons. The highest BCUT2D eigenvalue weighted by molar-refractivity contribution is 6.04. The zero-order valence-electron chi connectivity index (χ0n) is 10.8. The van der Waals surface area contributed by atoms with Crippen LogP contribution in [0.25, 0.3) is 0 Å². The molecule has 0 saturated carbocycles. The van der Waals surface area contributed by atoms with Gasteiger partial charge in [-0.15, -0.1) is 0 Å². The molecule has 0 aliphatic carbocycles. The summed E-state index contributed by atoms with van der Waals surface area (Å²) in [6, 6.07) is 10.3. The normalized spacial score (nSPS) is 10.1. The van der Waals surface area contributed by atoms with E-state index in [-0.39, 0.29) is 6.61 Å². The van der Waals surface area contributed by atoms with E-state index in [1.54, 1.807) is 30.5 Å². The summed E-state index contributed by atoms with van der Waals surface area (Å²) in [4.78, 5) is 25.8. The second-order valence-electron chi connectivity index (χ2n) is 4.10. The summed E-state index contributed by atoms with van der Waals surface area (Å²) in [5, 5.41) is 2.22. The SMILES string of the molecule is NCc1ccc(OCC(=O)NC(=O)c2ccc[nH]2)cc1. The van der Waals surface area contributed by atoms with Gasteiger partial charge in [-0.25, -0.2) is 0 Å². The molecule has 2 amide bonds. The third-order valence-electron chi connectivity index (χ3n) is 2.62. The highest BCUT2D eigenvalue weighted by atomic mass is 16.5. The average molecular weight is 273 g/mol. The highest BCUT2D eigenvalue weighted by Gasteiger charge is 2.11. The van der Waals surface area contributed by atoms with Crippen LogP contribution in [0, 0.1) is 0 Å². The van der Waals surface area contributed by atoms with Gasteiger partial charge in [-0.2, -0.15) is 0 Å². The molecular weight excluding hydrogens is 258 g/mol. The van der Waals surface area contributed by atoms with Gasteiger partial charge in [0.2, 0.25) is 0 Å². The van der Waals surface area contributed by atoms with E-state index in [0.29, 0.717) is 18.0 Å². The van der Waals surface area contributed by atoms with Crippen molar-refractivity contribution in [3.63, 3.8) is 0 Å². The minimum atomic E-state index is -0.507. The Hall–Kier alpha value is -2.60. The number of imide groups is 1. The van der Waals surface area contributed by atoms with Gasteiger partial charge in [0.25, 0.3) is 11.8 Å². The summed E-state index contributed by atoms with van der Waals surface area (Å²) in [6.07, 6.45) is 1.61. The largest absolute Gasteiger partial charge is 0.484 e. The Morgan fingerprint density at radius 1 is 1.20 bits per heavy atom. The van der Waals surface area contributed by atoms with Crippen molar-refractivity contribution in [1.82, 2.24) is 10.3 Å². The Balaban J connectivity index is 1.81. The van der Waals surface area contributed by atoms with Crippen LogP contribution in [0.1, 0.15) is 16.1 Å². The van der Waals surface area contributed by atoms with E-state index >= 15 is 0 Å². The minimum absolute atomic E-state index is 0.228. The van der Waals surface area contributed by atoms with E-state index in [4.69, 9.17) is 10.5 Å². The fraction of sp³-hybridized carbons (Fsp3) is 0.143. The first-order valence-corrected chi connectivity index (χ1v) is 6.08. The van der Waals surface area contributed by atoms with Crippen LogP contribution in [0.4, 0.5) is 0 Å². The molecule has 0 spiro atoms. The lowest BCUT2D eigenvalue weighted by molar-refractivity contribution is -0.122. The van der Waals surface area contributed by atoms with Crippen LogP contribution in [-0.2, 0) is 11.3 Å². The minimum Gasteiger partial charge on any atom is -0.484 e. The van der Waals surface area contributed by atoms with E-state index in [1.807, 2.05) is 12.1 Å². The molecule has 0 fully saturated rings. The summed E-state index contributed by atoms with van der Waals surface area (Å²) in [7, 11) is 0. The smallest absolute Gasteiger partial charge is 0.274 e. The number of benzene rings is 1. The van der Waals surface area contributed by atoms with Crippen molar-refractivity contribution in [2.24, 2.45) is 5.73 Å². The fourth-order valence-corrected chi connectivity index (χ4v) is 1.57. The van der Waals surface area contributed by atoms with Gasteiger partial charge in [0.15, 0.2) is 6.61 Å². The number of carbonyl (C=O) groups excluding carboxylic acids is 2. The molecule has 0 unspecified atom stereocenters. The van der Waals surface area contributed by atoms with E-state index < -0.39 is 11.8 Å². The van der Waals surface area contributed by atoms with Gasteiger partial charge < -0.3 is 15.5 Å². The maximum atomic E-state index is 11.6. The lowest BCUT2D eigenvalue weighted by atomic mass is 10.2. The van der Waals surface area contributed by atoms with Crippen molar-refractivity contribution in [2.75, 3.05) is 6.61 Å². The molecule has 1 heterocycles. The first-order chi connectivity index (χ1) is 9.69. The maximum Gasteiger partial charge on any atom is 0.274 e. The van der Waals surface area contributed by atoms with Crippen LogP contribution < -0.4 is 15.8 Å². The maximum absolute atomic E-state index is 11.6. The number of nitrogens with two attached hydrogens (primary N) is 1. The molecule has 0 bridgehead atoms. The molecule has 0 saturated heterocycles. The lowest BCUT2D eigenvalue weighted by Crippen LogP contribution is -2.34. The van der Waals surface area contributed by atoms with Crippen LogP contribution in [-0.4, -0.2) is 23.4 Å².